The van der Waals surface area contributed by atoms with Gasteiger partial charge in [0.25, 0.3) is 0 Å². The number of carbonyl (C=O) groups is 1. The van der Waals surface area contributed by atoms with Crippen LogP contribution in [0.15, 0.2) is 29.3 Å². The Morgan fingerprint density at radius 2 is 1.90 bits per heavy atom. The maximum absolute atomic E-state index is 12.1. The fraction of sp³-hybridized carbons (Fsp3) is 0.652. The van der Waals surface area contributed by atoms with Crippen LogP contribution in [0.2, 0.25) is 0 Å². The highest BCUT2D eigenvalue weighted by atomic mass is 16.5. The number of piperidine rings is 1. The quantitative estimate of drug-likeness (QED) is 0.436. The maximum atomic E-state index is 12.1. The topological polar surface area (TPSA) is 66.0 Å². The van der Waals surface area contributed by atoms with Gasteiger partial charge in [0.2, 0.25) is 5.91 Å². The standard InChI is InChI=1S/C23H38N4O2/c1-17(2)21(28)27-14-11-18(12-15-27)26-22(24-6)25-13-16-29-20-10-8-7-9-19(20)23(3,4)5/h7-10,17-18H,11-16H2,1-6H3,(H2,24,25,26). The molecule has 0 unspecified atom stereocenters. The number of benzene rings is 1. The molecule has 0 saturated carbocycles. The molecule has 162 valence electrons. The first-order chi connectivity index (χ1) is 13.7. The summed E-state index contributed by atoms with van der Waals surface area (Å²) in [6, 6.07) is 8.55. The zero-order valence-corrected chi connectivity index (χ0v) is 18.9. The average molecular weight is 403 g/mol. The van der Waals surface area contributed by atoms with Crippen molar-refractivity contribution in [2.75, 3.05) is 33.3 Å². The molecule has 0 aromatic heterocycles. The molecule has 6 heteroatoms. The molecule has 0 radical (unpaired) electrons. The van der Waals surface area contributed by atoms with Crippen molar-refractivity contribution in [2.45, 2.75) is 58.9 Å². The Bertz CT molecular complexity index is 686. The lowest BCUT2D eigenvalue weighted by atomic mass is 9.86. The van der Waals surface area contributed by atoms with Gasteiger partial charge in [0.15, 0.2) is 5.96 Å². The van der Waals surface area contributed by atoms with Crippen molar-refractivity contribution in [3.8, 4) is 5.75 Å². The Morgan fingerprint density at radius 3 is 2.48 bits per heavy atom. The van der Waals surface area contributed by atoms with Gasteiger partial charge in [-0.15, -0.1) is 0 Å². The van der Waals surface area contributed by atoms with Gasteiger partial charge < -0.3 is 20.3 Å². The predicted molar refractivity (Wildman–Crippen MR) is 120 cm³/mol. The van der Waals surface area contributed by atoms with E-state index in [1.807, 2.05) is 30.9 Å². The lowest BCUT2D eigenvalue weighted by Gasteiger charge is -2.34. The molecule has 1 aliphatic rings. The van der Waals surface area contributed by atoms with E-state index in [0.717, 1.165) is 37.6 Å². The molecule has 0 aliphatic carbocycles. The van der Waals surface area contributed by atoms with E-state index in [-0.39, 0.29) is 17.2 Å². The van der Waals surface area contributed by atoms with Crippen molar-refractivity contribution < 1.29 is 9.53 Å². The Kier molecular flexibility index (Phi) is 8.35. The molecular weight excluding hydrogens is 364 g/mol. The van der Waals surface area contributed by atoms with Crippen molar-refractivity contribution in [3.63, 3.8) is 0 Å². The van der Waals surface area contributed by atoms with Crippen LogP contribution in [0.4, 0.5) is 0 Å². The van der Waals surface area contributed by atoms with Crippen LogP contribution < -0.4 is 15.4 Å². The number of ether oxygens (including phenoxy) is 1. The molecular formula is C23H38N4O2. The van der Waals surface area contributed by atoms with Gasteiger partial charge in [0, 0.05) is 32.1 Å². The second kappa shape index (κ2) is 10.5. The minimum Gasteiger partial charge on any atom is -0.491 e. The van der Waals surface area contributed by atoms with Crippen LogP contribution in [0.1, 0.15) is 53.0 Å². The van der Waals surface area contributed by atoms with Crippen molar-refractivity contribution in [1.29, 1.82) is 0 Å². The lowest BCUT2D eigenvalue weighted by molar-refractivity contribution is -0.135. The van der Waals surface area contributed by atoms with E-state index >= 15 is 0 Å². The summed E-state index contributed by atoms with van der Waals surface area (Å²) in [4.78, 5) is 18.4. The van der Waals surface area contributed by atoms with Crippen LogP contribution in [-0.4, -0.2) is 56.1 Å². The van der Waals surface area contributed by atoms with Crippen LogP contribution in [0.25, 0.3) is 0 Å². The van der Waals surface area contributed by atoms with Gasteiger partial charge >= 0.3 is 0 Å². The zero-order valence-electron chi connectivity index (χ0n) is 18.9. The smallest absolute Gasteiger partial charge is 0.225 e. The third kappa shape index (κ3) is 6.94. The Morgan fingerprint density at radius 1 is 1.24 bits per heavy atom. The van der Waals surface area contributed by atoms with Crippen LogP contribution >= 0.6 is 0 Å². The SMILES string of the molecule is CN=C(NCCOc1ccccc1C(C)(C)C)NC1CCN(C(=O)C(C)C)CC1. The number of hydrogen-bond acceptors (Lipinski definition) is 3. The second-order valence-electron chi connectivity index (χ2n) is 8.99. The summed E-state index contributed by atoms with van der Waals surface area (Å²) < 4.78 is 6.02. The molecule has 1 saturated heterocycles. The summed E-state index contributed by atoms with van der Waals surface area (Å²) in [5.41, 5.74) is 1.26. The summed E-state index contributed by atoms with van der Waals surface area (Å²) in [5.74, 6) is 2.04. The number of carbonyl (C=O) groups excluding carboxylic acids is 1. The molecule has 1 amide bonds. The third-order valence-corrected chi connectivity index (χ3v) is 5.21. The van der Waals surface area contributed by atoms with Gasteiger partial charge in [-0.3, -0.25) is 9.79 Å². The van der Waals surface area contributed by atoms with Gasteiger partial charge in [-0.05, 0) is 29.9 Å². The molecule has 1 aliphatic heterocycles. The van der Waals surface area contributed by atoms with E-state index in [2.05, 4.69) is 48.5 Å². The number of aliphatic imine (C=N–C) groups is 1. The summed E-state index contributed by atoms with van der Waals surface area (Å²) in [7, 11) is 1.78. The van der Waals surface area contributed by atoms with E-state index in [4.69, 9.17) is 4.74 Å². The Balaban J connectivity index is 1.75. The molecule has 1 aromatic rings. The van der Waals surface area contributed by atoms with E-state index in [1.54, 1.807) is 7.05 Å². The molecule has 0 bridgehead atoms. The van der Waals surface area contributed by atoms with Crippen molar-refractivity contribution in [2.24, 2.45) is 10.9 Å². The van der Waals surface area contributed by atoms with E-state index in [0.29, 0.717) is 19.2 Å². The first kappa shape index (κ1) is 23.0. The molecule has 2 N–H and O–H groups in total. The Labute approximate surface area is 176 Å². The van der Waals surface area contributed by atoms with Crippen molar-refractivity contribution in [3.05, 3.63) is 29.8 Å². The highest BCUT2D eigenvalue weighted by Gasteiger charge is 2.24. The van der Waals surface area contributed by atoms with Crippen LogP contribution in [0, 0.1) is 5.92 Å². The number of guanidine groups is 1. The van der Waals surface area contributed by atoms with Gasteiger partial charge in [0.1, 0.15) is 12.4 Å². The molecule has 1 aromatic carbocycles. The summed E-state index contributed by atoms with van der Waals surface area (Å²) in [6.45, 7) is 13.3. The van der Waals surface area contributed by atoms with Crippen molar-refractivity contribution >= 4 is 11.9 Å². The first-order valence-corrected chi connectivity index (χ1v) is 10.7. The molecule has 0 atom stereocenters. The molecule has 0 spiro atoms. The minimum atomic E-state index is 0.0490. The molecule has 29 heavy (non-hydrogen) atoms. The van der Waals surface area contributed by atoms with Crippen LogP contribution in [0.5, 0.6) is 5.75 Å². The molecule has 2 rings (SSSR count). The van der Waals surface area contributed by atoms with Crippen molar-refractivity contribution in [1.82, 2.24) is 15.5 Å². The highest BCUT2D eigenvalue weighted by Crippen LogP contribution is 2.30. The molecule has 1 heterocycles. The fourth-order valence-corrected chi connectivity index (χ4v) is 3.54. The predicted octanol–water partition coefficient (Wildman–Crippen LogP) is 3.17. The van der Waals surface area contributed by atoms with Crippen LogP contribution in [-0.2, 0) is 10.2 Å². The van der Waals surface area contributed by atoms with Gasteiger partial charge in [0.05, 0.1) is 6.54 Å². The second-order valence-corrected chi connectivity index (χ2v) is 8.99. The van der Waals surface area contributed by atoms with Gasteiger partial charge in [-0.2, -0.15) is 0 Å². The van der Waals surface area contributed by atoms with Crippen LogP contribution in [0.3, 0.4) is 0 Å². The normalized spacial score (nSPS) is 16.1. The fourth-order valence-electron chi connectivity index (χ4n) is 3.54. The maximum Gasteiger partial charge on any atom is 0.225 e. The number of nitrogens with zero attached hydrogens (tertiary/aromatic N) is 2. The zero-order chi connectivity index (χ0) is 21.4. The van der Waals surface area contributed by atoms with E-state index in [1.165, 1.54) is 5.56 Å². The number of amides is 1. The van der Waals surface area contributed by atoms with E-state index in [9.17, 15) is 4.79 Å². The van der Waals surface area contributed by atoms with Gasteiger partial charge in [-0.25, -0.2) is 0 Å². The number of nitrogens with one attached hydrogen (secondary N) is 2. The highest BCUT2D eigenvalue weighted by molar-refractivity contribution is 5.80. The van der Waals surface area contributed by atoms with Gasteiger partial charge in [-0.1, -0.05) is 52.8 Å². The minimum absolute atomic E-state index is 0.0490. The third-order valence-electron chi connectivity index (χ3n) is 5.21. The molecule has 1 fully saturated rings. The van der Waals surface area contributed by atoms with E-state index < -0.39 is 0 Å². The average Bonchev–Trinajstić information content (AvgIpc) is 2.69. The number of hydrogen-bond donors (Lipinski definition) is 2. The Hall–Kier alpha value is -2.24. The number of para-hydroxylation sites is 1. The largest absolute Gasteiger partial charge is 0.491 e. The monoisotopic (exact) mass is 402 g/mol. The number of likely N-dealkylation sites (tertiary alicyclic amines) is 1. The number of rotatable bonds is 6. The summed E-state index contributed by atoms with van der Waals surface area (Å²) in [5, 5.41) is 6.80. The summed E-state index contributed by atoms with van der Waals surface area (Å²) in [6.07, 6.45) is 1.88. The summed E-state index contributed by atoms with van der Waals surface area (Å²) >= 11 is 0. The molecule has 6 nitrogen and oxygen atoms in total. The lowest BCUT2D eigenvalue weighted by Crippen LogP contribution is -2.50. The first-order valence-electron chi connectivity index (χ1n) is 10.7.